The zero-order chi connectivity index (χ0) is 18.9. The van der Waals surface area contributed by atoms with Crippen LogP contribution in [0.1, 0.15) is 24.1 Å². The maximum Gasteiger partial charge on any atom is 0.220 e. The van der Waals surface area contributed by atoms with Crippen LogP contribution in [0.2, 0.25) is 0 Å². The smallest absolute Gasteiger partial charge is 0.220 e. The number of aromatic amines is 1. The van der Waals surface area contributed by atoms with Gasteiger partial charge in [-0.25, -0.2) is 0 Å². The van der Waals surface area contributed by atoms with Crippen molar-refractivity contribution in [3.8, 4) is 0 Å². The number of para-hydroxylation sites is 1. The summed E-state index contributed by atoms with van der Waals surface area (Å²) in [5, 5.41) is 4.31. The summed E-state index contributed by atoms with van der Waals surface area (Å²) in [6, 6.07) is 8.56. The molecule has 1 aliphatic carbocycles. The molecule has 2 heterocycles. The van der Waals surface area contributed by atoms with Gasteiger partial charge in [0.2, 0.25) is 5.91 Å². The second-order valence-electron chi connectivity index (χ2n) is 7.03. The van der Waals surface area contributed by atoms with Crippen LogP contribution in [0.25, 0.3) is 10.9 Å². The summed E-state index contributed by atoms with van der Waals surface area (Å²) >= 11 is 4.02. The van der Waals surface area contributed by atoms with Crippen molar-refractivity contribution in [2.75, 3.05) is 32.3 Å². The number of methoxy groups -OCH3 is 2. The number of aryl methyl sites for hydroxylation is 1. The summed E-state index contributed by atoms with van der Waals surface area (Å²) in [6.45, 7) is 0.378. The Bertz CT molecular complexity index is 813. The van der Waals surface area contributed by atoms with Gasteiger partial charge < -0.3 is 19.8 Å². The first-order valence-electron chi connectivity index (χ1n) is 9.38. The summed E-state index contributed by atoms with van der Waals surface area (Å²) in [6.07, 6.45) is 2.21. The van der Waals surface area contributed by atoms with Crippen molar-refractivity contribution in [3.63, 3.8) is 0 Å². The lowest BCUT2D eigenvalue weighted by atomic mass is 9.83. The molecule has 1 spiro atoms. The lowest BCUT2D eigenvalue weighted by Gasteiger charge is -2.39. The number of carbonyl (C=O) groups excluding carboxylic acids is 1. The minimum atomic E-state index is -0.398. The van der Waals surface area contributed by atoms with Crippen LogP contribution in [-0.4, -0.2) is 49.5 Å². The quantitative estimate of drug-likeness (QED) is 0.719. The maximum absolute atomic E-state index is 12.6. The van der Waals surface area contributed by atoms with Crippen LogP contribution in [0.5, 0.6) is 0 Å². The first-order chi connectivity index (χ1) is 13.2. The Morgan fingerprint density at radius 3 is 2.78 bits per heavy atom. The van der Waals surface area contributed by atoms with Crippen molar-refractivity contribution in [1.82, 2.24) is 10.3 Å². The Hall–Kier alpha value is -1.15. The molecule has 0 saturated carbocycles. The van der Waals surface area contributed by atoms with Gasteiger partial charge in [0.25, 0.3) is 0 Å². The number of hydrogen-bond donors (Lipinski definition) is 2. The van der Waals surface area contributed by atoms with Crippen molar-refractivity contribution in [2.24, 2.45) is 5.92 Å². The molecule has 27 heavy (non-hydrogen) atoms. The largest absolute Gasteiger partial charge is 0.356 e. The predicted octanol–water partition coefficient (Wildman–Crippen LogP) is 3.49. The van der Waals surface area contributed by atoms with E-state index in [1.807, 2.05) is 23.5 Å². The first kappa shape index (κ1) is 19.2. The lowest BCUT2D eigenvalue weighted by Crippen LogP contribution is -2.39. The van der Waals surface area contributed by atoms with Gasteiger partial charge in [-0.05, 0) is 30.4 Å². The Morgan fingerprint density at radius 2 is 2.04 bits per heavy atom. The highest BCUT2D eigenvalue weighted by molar-refractivity contribution is 8.20. The number of rotatable bonds is 6. The normalized spacial score (nSPS) is 21.1. The number of H-pyrrole nitrogens is 1. The molecule has 2 aliphatic rings. The third kappa shape index (κ3) is 3.50. The molecule has 2 aromatic rings. The number of aromatic nitrogens is 1. The minimum Gasteiger partial charge on any atom is -0.356 e. The summed E-state index contributed by atoms with van der Waals surface area (Å²) < 4.78 is 10.3. The standard InChI is InChI=1S/C20H26N2O3S2/c1-24-18(25-2)12-21-17(23)11-13-7-8-15-14-5-3-4-6-16(14)22-19(15)20(13)26-9-10-27-20/h3-6,13,18,22H,7-12H2,1-2H3,(H,21,23). The molecule has 1 fully saturated rings. The highest BCUT2D eigenvalue weighted by Crippen LogP contribution is 2.61. The van der Waals surface area contributed by atoms with Crippen LogP contribution in [0.3, 0.4) is 0 Å². The highest BCUT2D eigenvalue weighted by Gasteiger charge is 2.49. The Morgan fingerprint density at radius 1 is 1.30 bits per heavy atom. The highest BCUT2D eigenvalue weighted by atomic mass is 32.2. The second kappa shape index (κ2) is 8.07. The van der Waals surface area contributed by atoms with E-state index in [0.29, 0.717) is 18.9 Å². The molecule has 146 valence electrons. The molecule has 1 saturated heterocycles. The topological polar surface area (TPSA) is 63.3 Å². The first-order valence-corrected chi connectivity index (χ1v) is 11.4. The van der Waals surface area contributed by atoms with Crippen LogP contribution in [0.15, 0.2) is 24.3 Å². The van der Waals surface area contributed by atoms with E-state index >= 15 is 0 Å². The fraction of sp³-hybridized carbons (Fsp3) is 0.550. The summed E-state index contributed by atoms with van der Waals surface area (Å²) in [5.74, 6) is 2.66. The van der Waals surface area contributed by atoms with Gasteiger partial charge in [0.05, 0.1) is 6.54 Å². The molecule has 5 nitrogen and oxygen atoms in total. The monoisotopic (exact) mass is 406 g/mol. The third-order valence-corrected chi connectivity index (χ3v) is 9.30. The van der Waals surface area contributed by atoms with Gasteiger partial charge in [-0.1, -0.05) is 18.2 Å². The van der Waals surface area contributed by atoms with Gasteiger partial charge in [0.1, 0.15) is 4.08 Å². The average Bonchev–Trinajstić information content (AvgIpc) is 3.31. The molecule has 1 atom stereocenters. The molecular weight excluding hydrogens is 380 g/mol. The summed E-state index contributed by atoms with van der Waals surface area (Å²) in [4.78, 5) is 16.3. The molecular formula is C20H26N2O3S2. The van der Waals surface area contributed by atoms with E-state index in [-0.39, 0.29) is 9.99 Å². The number of fused-ring (bicyclic) bond motifs is 4. The van der Waals surface area contributed by atoms with Gasteiger partial charge in [-0.3, -0.25) is 4.79 Å². The fourth-order valence-corrected chi connectivity index (χ4v) is 7.89. The van der Waals surface area contributed by atoms with Crippen LogP contribution in [-0.2, 0) is 24.8 Å². The number of amides is 1. The van der Waals surface area contributed by atoms with E-state index in [1.54, 1.807) is 14.2 Å². The SMILES string of the molecule is COC(CNC(=O)CC1CCc2c([nH]c3ccccc23)C12SCCS2)OC. The number of thioether (sulfide) groups is 2. The van der Waals surface area contributed by atoms with Gasteiger partial charge in [-0.15, -0.1) is 23.5 Å². The van der Waals surface area contributed by atoms with E-state index in [2.05, 4.69) is 34.6 Å². The number of nitrogens with one attached hydrogen (secondary N) is 2. The Kier molecular flexibility index (Phi) is 5.73. The van der Waals surface area contributed by atoms with E-state index in [1.165, 1.54) is 22.2 Å². The van der Waals surface area contributed by atoms with Crippen molar-refractivity contribution in [1.29, 1.82) is 0 Å². The van der Waals surface area contributed by atoms with E-state index in [0.717, 1.165) is 24.3 Å². The minimum absolute atomic E-state index is 0.0359. The molecule has 7 heteroatoms. The molecule has 1 aromatic carbocycles. The van der Waals surface area contributed by atoms with E-state index < -0.39 is 6.29 Å². The Labute approximate surface area is 168 Å². The predicted molar refractivity (Wildman–Crippen MR) is 112 cm³/mol. The van der Waals surface area contributed by atoms with E-state index in [9.17, 15) is 4.79 Å². The fourth-order valence-electron chi connectivity index (χ4n) is 4.27. The van der Waals surface area contributed by atoms with Crippen molar-refractivity contribution in [2.45, 2.75) is 29.6 Å². The molecule has 1 aliphatic heterocycles. The van der Waals surface area contributed by atoms with Crippen LogP contribution in [0, 0.1) is 5.92 Å². The molecule has 1 amide bonds. The van der Waals surface area contributed by atoms with Crippen LogP contribution < -0.4 is 5.32 Å². The summed E-state index contributed by atoms with van der Waals surface area (Å²) in [5.41, 5.74) is 4.00. The van der Waals surface area contributed by atoms with Gasteiger partial charge in [-0.2, -0.15) is 0 Å². The van der Waals surface area contributed by atoms with Gasteiger partial charge in [0.15, 0.2) is 6.29 Å². The van der Waals surface area contributed by atoms with E-state index in [4.69, 9.17) is 9.47 Å². The Balaban J connectivity index is 1.56. The molecule has 4 rings (SSSR count). The van der Waals surface area contributed by atoms with Crippen LogP contribution >= 0.6 is 23.5 Å². The molecule has 0 radical (unpaired) electrons. The van der Waals surface area contributed by atoms with Crippen LogP contribution in [0.4, 0.5) is 0 Å². The molecule has 1 unspecified atom stereocenters. The molecule has 0 bridgehead atoms. The number of ether oxygens (including phenoxy) is 2. The van der Waals surface area contributed by atoms with Crippen molar-refractivity contribution < 1.29 is 14.3 Å². The zero-order valence-corrected chi connectivity index (χ0v) is 17.4. The van der Waals surface area contributed by atoms with Gasteiger partial charge >= 0.3 is 0 Å². The van der Waals surface area contributed by atoms with Crippen molar-refractivity contribution in [3.05, 3.63) is 35.5 Å². The second-order valence-corrected chi connectivity index (χ2v) is 9.97. The number of carbonyl (C=O) groups is 1. The zero-order valence-electron chi connectivity index (χ0n) is 15.7. The third-order valence-electron chi connectivity index (χ3n) is 5.58. The molecule has 1 aromatic heterocycles. The lowest BCUT2D eigenvalue weighted by molar-refractivity contribution is -0.128. The average molecular weight is 407 g/mol. The van der Waals surface area contributed by atoms with Crippen molar-refractivity contribution >= 4 is 40.3 Å². The van der Waals surface area contributed by atoms with Gasteiger partial charge in [0, 0.05) is 48.7 Å². The number of hydrogen-bond acceptors (Lipinski definition) is 5. The molecule has 2 N–H and O–H groups in total. The maximum atomic E-state index is 12.6. The number of benzene rings is 1. The summed E-state index contributed by atoms with van der Waals surface area (Å²) in [7, 11) is 3.17.